The lowest BCUT2D eigenvalue weighted by molar-refractivity contribution is -0.154. The number of esters is 1. The number of phosphoric acid groups is 1. The Morgan fingerprint density at radius 1 is 0.696 bits per heavy atom. The molecule has 46 heavy (non-hydrogen) atoms. The molecule has 0 aromatic rings. The Labute approximate surface area is 279 Å². The van der Waals surface area contributed by atoms with Crippen LogP contribution in [0.4, 0.5) is 0 Å². The zero-order valence-corrected chi connectivity index (χ0v) is 29.4. The van der Waals surface area contributed by atoms with E-state index in [-0.39, 0.29) is 13.0 Å². The molecule has 0 aromatic carbocycles. The fraction of sp³-hybridized carbons (Fsp3) is 0.694. The molecule has 0 aliphatic carbocycles. The zero-order valence-electron chi connectivity index (χ0n) is 28.5. The summed E-state index contributed by atoms with van der Waals surface area (Å²) in [4.78, 5) is 22.3. The van der Waals surface area contributed by atoms with Crippen LogP contribution in [0.5, 0.6) is 0 Å². The Balaban J connectivity index is 4.38. The zero-order chi connectivity index (χ0) is 34.0. The van der Waals surface area contributed by atoms with E-state index in [2.05, 4.69) is 73.1 Å². The van der Waals surface area contributed by atoms with Crippen molar-refractivity contribution in [3.8, 4) is 0 Å². The van der Waals surface area contributed by atoms with Gasteiger partial charge in [0.2, 0.25) is 0 Å². The number of carbonyl (C=O) groups is 1. The van der Waals surface area contributed by atoms with Crippen molar-refractivity contribution < 1.29 is 43.0 Å². The number of allylic oxidation sites excluding steroid dienone is 10. The van der Waals surface area contributed by atoms with Gasteiger partial charge >= 0.3 is 13.8 Å². The fourth-order valence-corrected chi connectivity index (χ4v) is 4.88. The van der Waals surface area contributed by atoms with Crippen molar-refractivity contribution in [3.63, 3.8) is 0 Å². The summed E-state index contributed by atoms with van der Waals surface area (Å²) in [5.74, 6) is -0.443. The maximum Gasteiger partial charge on any atom is 0.472 e. The molecule has 0 amide bonds. The minimum atomic E-state index is -4.52. The predicted octanol–water partition coefficient (Wildman–Crippen LogP) is 8.46. The molecule has 0 bridgehead atoms. The smallest absolute Gasteiger partial charge is 0.457 e. The Kier molecular flexibility index (Phi) is 31.8. The molecule has 3 unspecified atom stereocenters. The number of aliphatic hydroxyl groups is 2. The summed E-state index contributed by atoms with van der Waals surface area (Å²) in [6.07, 6.45) is 34.8. The molecule has 0 heterocycles. The molecule has 0 aromatic heterocycles. The van der Waals surface area contributed by atoms with Gasteiger partial charge in [0.1, 0.15) is 12.2 Å². The first-order valence-electron chi connectivity index (χ1n) is 17.3. The molecule has 0 fully saturated rings. The van der Waals surface area contributed by atoms with E-state index in [1.807, 2.05) is 6.08 Å². The summed E-state index contributed by atoms with van der Waals surface area (Å²) in [5.41, 5.74) is 0. The quantitative estimate of drug-likeness (QED) is 0.0279. The highest BCUT2D eigenvalue weighted by Crippen LogP contribution is 2.43. The number of carbonyl (C=O) groups excluding carboxylic acids is 1. The Hall–Kier alpha value is -1.84. The summed E-state index contributed by atoms with van der Waals surface area (Å²) in [6.45, 7) is 3.26. The summed E-state index contributed by atoms with van der Waals surface area (Å²) in [5, 5.41) is 18.2. The molecule has 3 N–H and O–H groups in total. The van der Waals surface area contributed by atoms with Gasteiger partial charge in [-0.3, -0.25) is 13.8 Å². The first kappa shape index (κ1) is 44.2. The van der Waals surface area contributed by atoms with Crippen LogP contribution in [-0.4, -0.2) is 66.3 Å². The molecule has 3 atom stereocenters. The van der Waals surface area contributed by atoms with Gasteiger partial charge in [-0.15, -0.1) is 0 Å². The highest BCUT2D eigenvalue weighted by atomic mass is 31.2. The van der Waals surface area contributed by atoms with Crippen LogP contribution in [0, 0.1) is 0 Å². The van der Waals surface area contributed by atoms with Crippen molar-refractivity contribution >= 4 is 13.8 Å². The molecule has 0 rings (SSSR count). The van der Waals surface area contributed by atoms with Crippen LogP contribution < -0.4 is 0 Å². The second kappa shape index (κ2) is 33.1. The molecule has 0 spiro atoms. The number of rotatable bonds is 32. The van der Waals surface area contributed by atoms with E-state index in [9.17, 15) is 19.4 Å². The Morgan fingerprint density at radius 3 is 1.78 bits per heavy atom. The highest BCUT2D eigenvalue weighted by molar-refractivity contribution is 7.47. The van der Waals surface area contributed by atoms with Crippen molar-refractivity contribution in [2.75, 3.05) is 33.0 Å². The molecule has 0 aliphatic rings. The summed E-state index contributed by atoms with van der Waals surface area (Å²) >= 11 is 0. The second-order valence-electron chi connectivity index (χ2n) is 11.2. The Bertz CT molecular complexity index is 898. The molecular formula is C36H63O9P. The average molecular weight is 671 g/mol. The number of unbranched alkanes of at least 4 members (excludes halogenated alkanes) is 8. The Morgan fingerprint density at radius 2 is 1.22 bits per heavy atom. The molecule has 0 saturated heterocycles. The molecule has 0 radical (unpaired) electrons. The largest absolute Gasteiger partial charge is 0.472 e. The second-order valence-corrected chi connectivity index (χ2v) is 12.6. The SMILES string of the molecule is CC/C=C\C/C=C\C/C=C\C/C=C\C/C=C\CCCC(=O)OC(COCCCCCCCCCC)COP(=O)(O)OCC(O)CO. The third kappa shape index (κ3) is 32.1. The van der Waals surface area contributed by atoms with Gasteiger partial charge < -0.3 is 24.6 Å². The normalized spacial score (nSPS) is 15.2. The van der Waals surface area contributed by atoms with Crippen LogP contribution in [0.15, 0.2) is 60.8 Å². The van der Waals surface area contributed by atoms with Crippen LogP contribution in [0.3, 0.4) is 0 Å². The van der Waals surface area contributed by atoms with Crippen molar-refractivity contribution in [1.82, 2.24) is 0 Å². The maximum absolute atomic E-state index is 12.5. The molecule has 0 saturated carbocycles. The summed E-state index contributed by atoms with van der Waals surface area (Å²) < 4.78 is 33.0. The summed E-state index contributed by atoms with van der Waals surface area (Å²) in [6, 6.07) is 0. The number of phosphoric ester groups is 1. The van der Waals surface area contributed by atoms with Crippen molar-refractivity contribution in [3.05, 3.63) is 60.8 Å². The van der Waals surface area contributed by atoms with Crippen molar-refractivity contribution in [2.24, 2.45) is 0 Å². The van der Waals surface area contributed by atoms with Gasteiger partial charge in [0.25, 0.3) is 0 Å². The first-order valence-corrected chi connectivity index (χ1v) is 18.8. The number of ether oxygens (including phenoxy) is 2. The van der Waals surface area contributed by atoms with Crippen molar-refractivity contribution in [2.45, 2.75) is 129 Å². The number of hydrogen-bond donors (Lipinski definition) is 3. The lowest BCUT2D eigenvalue weighted by Crippen LogP contribution is -2.29. The van der Waals surface area contributed by atoms with E-state index in [0.717, 1.165) is 57.8 Å². The van der Waals surface area contributed by atoms with Gasteiger partial charge in [-0.2, -0.15) is 0 Å². The molecule has 10 heteroatoms. The van der Waals surface area contributed by atoms with Crippen LogP contribution >= 0.6 is 7.82 Å². The lowest BCUT2D eigenvalue weighted by atomic mass is 10.1. The first-order chi connectivity index (χ1) is 22.3. The standard InChI is InChI=1S/C36H63O9P/c1-3-5-7-9-11-13-14-15-16-17-18-19-20-21-22-24-26-28-36(39)45-35(33-44-46(40,41)43-31-34(38)30-37)32-42-29-27-25-23-12-10-8-6-4-2/h5,7,11,13,15-16,18-19,21-22,34-35,37-38H,3-4,6,8-10,12,14,17,20,23-33H2,1-2H3,(H,40,41)/b7-5-,13-11-,16-15-,19-18-,22-21-. The van der Waals surface area contributed by atoms with Crippen molar-refractivity contribution in [1.29, 1.82) is 0 Å². The summed E-state index contributed by atoms with van der Waals surface area (Å²) in [7, 11) is -4.52. The van der Waals surface area contributed by atoms with E-state index < -0.39 is 45.8 Å². The molecule has 9 nitrogen and oxygen atoms in total. The van der Waals surface area contributed by atoms with Crippen LogP contribution in [0.1, 0.15) is 117 Å². The fourth-order valence-electron chi connectivity index (χ4n) is 4.09. The van der Waals surface area contributed by atoms with Gasteiger partial charge in [0.15, 0.2) is 0 Å². The molecular weight excluding hydrogens is 607 g/mol. The van der Waals surface area contributed by atoms with Crippen LogP contribution in [0.25, 0.3) is 0 Å². The van der Waals surface area contributed by atoms with E-state index in [1.54, 1.807) is 0 Å². The van der Waals surface area contributed by atoms with Gasteiger partial charge in [-0.25, -0.2) is 4.57 Å². The van der Waals surface area contributed by atoms with Gasteiger partial charge in [0.05, 0.1) is 26.4 Å². The number of aliphatic hydroxyl groups excluding tert-OH is 2. The topological polar surface area (TPSA) is 132 Å². The average Bonchev–Trinajstić information content (AvgIpc) is 3.04. The van der Waals surface area contributed by atoms with Gasteiger partial charge in [-0.1, -0.05) is 120 Å². The monoisotopic (exact) mass is 670 g/mol. The van der Waals surface area contributed by atoms with Gasteiger partial charge in [-0.05, 0) is 51.4 Å². The van der Waals surface area contributed by atoms with E-state index in [4.69, 9.17) is 19.1 Å². The van der Waals surface area contributed by atoms with E-state index in [1.165, 1.54) is 32.1 Å². The van der Waals surface area contributed by atoms with Gasteiger partial charge in [0, 0.05) is 13.0 Å². The predicted molar refractivity (Wildman–Crippen MR) is 186 cm³/mol. The lowest BCUT2D eigenvalue weighted by Gasteiger charge is -2.20. The van der Waals surface area contributed by atoms with E-state index in [0.29, 0.717) is 13.0 Å². The molecule has 0 aliphatic heterocycles. The minimum Gasteiger partial charge on any atom is -0.457 e. The van der Waals surface area contributed by atoms with Crippen LogP contribution in [0.2, 0.25) is 0 Å². The third-order valence-electron chi connectivity index (χ3n) is 6.72. The third-order valence-corrected chi connectivity index (χ3v) is 7.67. The van der Waals surface area contributed by atoms with Crippen LogP contribution in [-0.2, 0) is 27.9 Å². The minimum absolute atomic E-state index is 0.0241. The number of hydrogen-bond acceptors (Lipinski definition) is 8. The molecule has 266 valence electrons. The maximum atomic E-state index is 12.5. The van der Waals surface area contributed by atoms with E-state index >= 15 is 0 Å². The highest BCUT2D eigenvalue weighted by Gasteiger charge is 2.26.